The zero-order valence-electron chi connectivity index (χ0n) is 13.7. The van der Waals surface area contributed by atoms with Crippen LogP contribution in [0.2, 0.25) is 0 Å². The molecule has 0 bridgehead atoms. The van der Waals surface area contributed by atoms with Crippen LogP contribution >= 0.6 is 15.9 Å². The Labute approximate surface area is 159 Å². The van der Waals surface area contributed by atoms with Crippen LogP contribution in [0.3, 0.4) is 0 Å². The van der Waals surface area contributed by atoms with Crippen LogP contribution in [0.5, 0.6) is 5.75 Å². The van der Waals surface area contributed by atoms with Crippen molar-refractivity contribution in [3.8, 4) is 5.75 Å². The monoisotopic (exact) mass is 438 g/mol. The van der Waals surface area contributed by atoms with Gasteiger partial charge < -0.3 is 4.74 Å². The molecule has 2 aromatic rings. The van der Waals surface area contributed by atoms with E-state index in [0.717, 1.165) is 9.37 Å². The summed E-state index contributed by atoms with van der Waals surface area (Å²) in [6.45, 7) is 0. The normalized spacial score (nSPS) is 14.6. The summed E-state index contributed by atoms with van der Waals surface area (Å²) >= 11 is 3.28. The highest BCUT2D eigenvalue weighted by atomic mass is 79.9. The number of rotatable bonds is 5. The van der Waals surface area contributed by atoms with Gasteiger partial charge in [-0.3, -0.25) is 14.3 Å². The number of imide groups is 1. The number of sulfonamides is 1. The van der Waals surface area contributed by atoms with Crippen molar-refractivity contribution in [3.05, 3.63) is 46.9 Å². The van der Waals surface area contributed by atoms with Gasteiger partial charge in [0, 0.05) is 23.0 Å². The number of carbonyl (C=O) groups is 2. The zero-order chi connectivity index (χ0) is 18.9. The molecule has 2 aromatic carbocycles. The summed E-state index contributed by atoms with van der Waals surface area (Å²) in [5.41, 5.74) is 0.502. The van der Waals surface area contributed by atoms with Crippen LogP contribution in [-0.4, -0.2) is 27.3 Å². The lowest BCUT2D eigenvalue weighted by Crippen LogP contribution is -2.29. The maximum Gasteiger partial charge on any atom is 0.261 e. The quantitative estimate of drug-likeness (QED) is 0.724. The lowest BCUT2D eigenvalue weighted by atomic mass is 10.2. The number of benzene rings is 2. The van der Waals surface area contributed by atoms with E-state index in [1.54, 1.807) is 24.3 Å². The molecular formula is C17H15BrN2O5S. The second-order valence-corrected chi connectivity index (χ2v) is 8.17. The smallest absolute Gasteiger partial charge is 0.261 e. The summed E-state index contributed by atoms with van der Waals surface area (Å²) in [7, 11) is -2.53. The van der Waals surface area contributed by atoms with Crippen molar-refractivity contribution in [1.29, 1.82) is 0 Å². The largest absolute Gasteiger partial charge is 0.495 e. The predicted octanol–water partition coefficient (Wildman–Crippen LogP) is 2.91. The van der Waals surface area contributed by atoms with E-state index in [-0.39, 0.29) is 41.0 Å². The van der Waals surface area contributed by atoms with Crippen molar-refractivity contribution in [1.82, 2.24) is 0 Å². The Morgan fingerprint density at radius 2 is 1.77 bits per heavy atom. The van der Waals surface area contributed by atoms with Gasteiger partial charge in [0.15, 0.2) is 0 Å². The van der Waals surface area contributed by atoms with Gasteiger partial charge in [-0.15, -0.1) is 0 Å². The third-order valence-electron chi connectivity index (χ3n) is 3.83. The molecule has 0 atom stereocenters. The van der Waals surface area contributed by atoms with Crippen molar-refractivity contribution < 1.29 is 22.7 Å². The second kappa shape index (κ2) is 7.08. The minimum absolute atomic E-state index is 0.0826. The fraction of sp³-hybridized carbons (Fsp3) is 0.176. The van der Waals surface area contributed by atoms with E-state index in [1.807, 2.05) is 0 Å². The summed E-state index contributed by atoms with van der Waals surface area (Å²) in [5.74, 6) is -0.527. The van der Waals surface area contributed by atoms with Gasteiger partial charge in [0.05, 0.1) is 17.7 Å². The molecule has 26 heavy (non-hydrogen) atoms. The average molecular weight is 439 g/mol. The highest BCUT2D eigenvalue weighted by Crippen LogP contribution is 2.34. The van der Waals surface area contributed by atoms with Gasteiger partial charge in [0.1, 0.15) is 5.75 Å². The zero-order valence-corrected chi connectivity index (χ0v) is 16.1. The molecule has 1 N–H and O–H groups in total. The van der Waals surface area contributed by atoms with Crippen LogP contribution < -0.4 is 14.4 Å². The van der Waals surface area contributed by atoms with Gasteiger partial charge in [-0.2, -0.15) is 0 Å². The van der Waals surface area contributed by atoms with Gasteiger partial charge in [-0.1, -0.05) is 22.0 Å². The molecule has 136 valence electrons. The van der Waals surface area contributed by atoms with Crippen molar-refractivity contribution in [2.24, 2.45) is 0 Å². The summed E-state index contributed by atoms with van der Waals surface area (Å²) < 4.78 is 33.8. The number of amides is 2. The first-order valence-corrected chi connectivity index (χ1v) is 9.91. The molecule has 3 rings (SSSR count). The van der Waals surface area contributed by atoms with E-state index >= 15 is 0 Å². The number of nitrogens with zero attached hydrogens (tertiary/aromatic N) is 1. The molecule has 1 heterocycles. The molecule has 9 heteroatoms. The molecule has 0 aliphatic carbocycles. The van der Waals surface area contributed by atoms with Crippen molar-refractivity contribution in [3.63, 3.8) is 0 Å². The Hall–Kier alpha value is -2.39. The first-order chi connectivity index (χ1) is 12.3. The predicted molar refractivity (Wildman–Crippen MR) is 99.7 cm³/mol. The van der Waals surface area contributed by atoms with E-state index in [1.165, 1.54) is 25.3 Å². The van der Waals surface area contributed by atoms with Crippen molar-refractivity contribution in [2.75, 3.05) is 16.7 Å². The topological polar surface area (TPSA) is 92.8 Å². The Morgan fingerprint density at radius 3 is 2.38 bits per heavy atom. The number of methoxy groups -OCH3 is 1. The number of anilines is 2. The van der Waals surface area contributed by atoms with Gasteiger partial charge in [-0.05, 0) is 36.4 Å². The van der Waals surface area contributed by atoms with E-state index in [4.69, 9.17) is 4.74 Å². The molecule has 0 unspecified atom stereocenters. The molecule has 2 amide bonds. The Balaban J connectivity index is 2.01. The molecular weight excluding hydrogens is 424 g/mol. The molecule has 1 fully saturated rings. The Morgan fingerprint density at radius 1 is 1.08 bits per heavy atom. The summed E-state index contributed by atoms with van der Waals surface area (Å²) in [4.78, 5) is 24.9. The standard InChI is InChI=1S/C17H15BrN2O5S/c1-25-15-6-5-13(10-14(15)20-16(21)7-8-17(20)22)26(23,24)19-12-4-2-3-11(18)9-12/h2-6,9-10,19H,7-8H2,1H3. The second-order valence-electron chi connectivity index (χ2n) is 5.57. The maximum absolute atomic E-state index is 12.7. The maximum atomic E-state index is 12.7. The van der Waals surface area contributed by atoms with Crippen LogP contribution in [0, 0.1) is 0 Å². The third kappa shape index (κ3) is 3.58. The lowest BCUT2D eigenvalue weighted by Gasteiger charge is -2.18. The number of hydrogen-bond donors (Lipinski definition) is 1. The van der Waals surface area contributed by atoms with Crippen LogP contribution in [-0.2, 0) is 19.6 Å². The molecule has 7 nitrogen and oxygen atoms in total. The van der Waals surface area contributed by atoms with E-state index < -0.39 is 10.0 Å². The fourth-order valence-corrected chi connectivity index (χ4v) is 4.09. The van der Waals surface area contributed by atoms with Crippen LogP contribution in [0.1, 0.15) is 12.8 Å². The van der Waals surface area contributed by atoms with Crippen LogP contribution in [0.25, 0.3) is 0 Å². The molecule has 0 spiro atoms. The van der Waals surface area contributed by atoms with E-state index in [0.29, 0.717) is 5.69 Å². The number of carbonyl (C=O) groups excluding carboxylic acids is 2. The van der Waals surface area contributed by atoms with Gasteiger partial charge in [-0.25, -0.2) is 13.3 Å². The van der Waals surface area contributed by atoms with Gasteiger partial charge in [0.25, 0.3) is 10.0 Å². The summed E-state index contributed by atoms with van der Waals surface area (Å²) in [6.07, 6.45) is 0.185. The Kier molecular flexibility index (Phi) is 5.01. The summed E-state index contributed by atoms with van der Waals surface area (Å²) in [6, 6.07) is 10.7. The van der Waals surface area contributed by atoms with Gasteiger partial charge in [0.2, 0.25) is 11.8 Å². The van der Waals surface area contributed by atoms with E-state index in [2.05, 4.69) is 20.7 Å². The van der Waals surface area contributed by atoms with Crippen molar-refractivity contribution in [2.45, 2.75) is 17.7 Å². The lowest BCUT2D eigenvalue weighted by molar-refractivity contribution is -0.121. The highest BCUT2D eigenvalue weighted by molar-refractivity contribution is 9.10. The SMILES string of the molecule is COc1ccc(S(=O)(=O)Nc2cccc(Br)c2)cc1N1C(=O)CCC1=O. The van der Waals surface area contributed by atoms with E-state index in [9.17, 15) is 18.0 Å². The molecule has 0 aromatic heterocycles. The average Bonchev–Trinajstić information content (AvgIpc) is 2.92. The first-order valence-electron chi connectivity index (χ1n) is 7.64. The molecule has 1 saturated heterocycles. The van der Waals surface area contributed by atoms with Crippen LogP contribution in [0.4, 0.5) is 11.4 Å². The molecule has 0 saturated carbocycles. The van der Waals surface area contributed by atoms with Crippen molar-refractivity contribution >= 4 is 49.1 Å². The number of ether oxygens (including phenoxy) is 1. The molecule has 1 aliphatic rings. The molecule has 0 radical (unpaired) electrons. The first kappa shape index (κ1) is 18.4. The Bertz CT molecular complexity index is 974. The highest BCUT2D eigenvalue weighted by Gasteiger charge is 2.33. The van der Waals surface area contributed by atoms with Gasteiger partial charge >= 0.3 is 0 Å². The van der Waals surface area contributed by atoms with Crippen LogP contribution in [0.15, 0.2) is 51.8 Å². The molecule has 1 aliphatic heterocycles. The fourth-order valence-electron chi connectivity index (χ4n) is 2.62. The number of nitrogens with one attached hydrogen (secondary N) is 1. The third-order valence-corrected chi connectivity index (χ3v) is 5.70. The number of hydrogen-bond acceptors (Lipinski definition) is 5. The minimum Gasteiger partial charge on any atom is -0.495 e. The minimum atomic E-state index is -3.92. The number of halogens is 1. The summed E-state index contributed by atoms with van der Waals surface area (Å²) in [5, 5.41) is 0.